The third-order valence-corrected chi connectivity index (χ3v) is 5.37. The summed E-state index contributed by atoms with van der Waals surface area (Å²) in [5.41, 5.74) is 4.29. The molecule has 1 aromatic carbocycles. The molecule has 3 heterocycles. The molecule has 0 spiro atoms. The Kier molecular flexibility index (Phi) is 4.69. The van der Waals surface area contributed by atoms with Gasteiger partial charge in [0.25, 0.3) is 11.7 Å². The van der Waals surface area contributed by atoms with E-state index in [2.05, 4.69) is 25.8 Å². The highest BCUT2D eigenvalue weighted by Crippen LogP contribution is 2.27. The number of rotatable bonds is 5. The predicted octanol–water partition coefficient (Wildman–Crippen LogP) is 1.17. The van der Waals surface area contributed by atoms with Gasteiger partial charge < -0.3 is 5.32 Å². The summed E-state index contributed by atoms with van der Waals surface area (Å²) >= 11 is 0. The van der Waals surface area contributed by atoms with Crippen molar-refractivity contribution in [3.05, 3.63) is 59.2 Å². The van der Waals surface area contributed by atoms with Crippen molar-refractivity contribution >= 4 is 23.6 Å². The monoisotopic (exact) mass is 407 g/mol. The topological polar surface area (TPSA) is 122 Å². The van der Waals surface area contributed by atoms with Crippen LogP contribution in [-0.2, 0) is 21.5 Å². The fourth-order valence-electron chi connectivity index (χ4n) is 3.64. The molecule has 3 aromatic rings. The number of aromatic nitrogens is 4. The lowest BCUT2D eigenvalue weighted by molar-refractivity contribution is -0.139. The average molecular weight is 407 g/mol. The van der Waals surface area contributed by atoms with E-state index in [0.717, 1.165) is 22.0 Å². The summed E-state index contributed by atoms with van der Waals surface area (Å²) in [5, 5.41) is 7.53. The number of amides is 4. The zero-order valence-electron chi connectivity index (χ0n) is 16.8. The van der Waals surface area contributed by atoms with Crippen molar-refractivity contribution in [3.63, 3.8) is 0 Å². The second-order valence-electron chi connectivity index (χ2n) is 7.33. The van der Waals surface area contributed by atoms with Crippen molar-refractivity contribution in [2.24, 2.45) is 0 Å². The number of hydrogen-bond acceptors (Lipinski definition) is 6. The summed E-state index contributed by atoms with van der Waals surface area (Å²) in [6.45, 7) is 5.34. The minimum Gasteiger partial charge on any atom is -0.318 e. The lowest BCUT2D eigenvalue weighted by atomic mass is 9.92. The van der Waals surface area contributed by atoms with Crippen LogP contribution in [0.1, 0.15) is 35.9 Å². The Hall–Kier alpha value is -3.82. The van der Waals surface area contributed by atoms with Crippen LogP contribution in [0.25, 0.3) is 5.78 Å². The highest BCUT2D eigenvalue weighted by Gasteiger charge is 2.49. The van der Waals surface area contributed by atoms with E-state index in [1.165, 1.54) is 6.33 Å². The van der Waals surface area contributed by atoms with E-state index in [1.54, 1.807) is 35.7 Å². The van der Waals surface area contributed by atoms with Crippen LogP contribution in [0.2, 0.25) is 0 Å². The third kappa shape index (κ3) is 3.15. The molecule has 0 aliphatic carbocycles. The lowest BCUT2D eigenvalue weighted by Crippen LogP contribution is -2.48. The Labute approximate surface area is 172 Å². The first-order chi connectivity index (χ1) is 14.3. The van der Waals surface area contributed by atoms with E-state index < -0.39 is 23.4 Å². The van der Waals surface area contributed by atoms with Crippen LogP contribution < -0.4 is 10.7 Å². The molecule has 1 atom stereocenters. The summed E-state index contributed by atoms with van der Waals surface area (Å²) in [7, 11) is 0. The first-order valence-electron chi connectivity index (χ1n) is 9.49. The number of nitrogens with one attached hydrogen (secondary N) is 2. The van der Waals surface area contributed by atoms with E-state index in [-0.39, 0.29) is 6.42 Å². The molecule has 10 heteroatoms. The van der Waals surface area contributed by atoms with Crippen LogP contribution in [0.5, 0.6) is 0 Å². The van der Waals surface area contributed by atoms with Gasteiger partial charge in [-0.2, -0.15) is 15.1 Å². The van der Waals surface area contributed by atoms with Crippen LogP contribution in [0.3, 0.4) is 0 Å². The number of carbonyl (C=O) groups is 3. The minimum absolute atomic E-state index is 0.0721. The van der Waals surface area contributed by atoms with E-state index in [9.17, 15) is 14.4 Å². The van der Waals surface area contributed by atoms with Gasteiger partial charge in [-0.05, 0) is 38.3 Å². The Morgan fingerprint density at radius 3 is 2.67 bits per heavy atom. The van der Waals surface area contributed by atoms with Crippen LogP contribution in [-0.4, -0.2) is 42.4 Å². The van der Waals surface area contributed by atoms with Crippen molar-refractivity contribution in [1.82, 2.24) is 35.3 Å². The average Bonchev–Trinajstić information content (AvgIpc) is 3.27. The molecule has 1 aliphatic heterocycles. The Balaban J connectivity index is 1.46. The van der Waals surface area contributed by atoms with E-state index in [1.807, 2.05) is 19.9 Å². The van der Waals surface area contributed by atoms with Crippen molar-refractivity contribution in [1.29, 1.82) is 0 Å². The van der Waals surface area contributed by atoms with Gasteiger partial charge in [-0.15, -0.1) is 0 Å². The number of imide groups is 1. The molecule has 10 nitrogen and oxygen atoms in total. The zero-order chi connectivity index (χ0) is 21.5. The molecule has 30 heavy (non-hydrogen) atoms. The maximum absolute atomic E-state index is 12.9. The number of nitrogens with zero attached hydrogens (tertiary/aromatic N) is 5. The SMILES string of the molecule is Cc1nc2ncnn2c(C)c1CCC(=O)NN1C(=O)NC(C)(c2ccccc2)C1=O. The molecular formula is C20H21N7O3. The van der Waals surface area contributed by atoms with Gasteiger partial charge in [0.05, 0.1) is 0 Å². The maximum atomic E-state index is 12.9. The van der Waals surface area contributed by atoms with Crippen molar-refractivity contribution in [3.8, 4) is 0 Å². The third-order valence-electron chi connectivity index (χ3n) is 5.37. The number of hydrazine groups is 1. The number of benzene rings is 1. The minimum atomic E-state index is -1.24. The quantitative estimate of drug-likeness (QED) is 0.613. The number of hydrogen-bond donors (Lipinski definition) is 2. The standard InChI is InChI=1S/C20H21N7O3/c1-12-15(13(2)26-18(23-12)21-11-22-26)9-10-16(28)25-27-17(29)20(3,24-19(27)30)14-7-5-4-6-8-14/h4-8,11H,9-10H2,1-3H3,(H,24,30)(H,25,28). The van der Waals surface area contributed by atoms with Crippen LogP contribution >= 0.6 is 0 Å². The molecule has 1 unspecified atom stereocenters. The van der Waals surface area contributed by atoms with Crippen LogP contribution in [0.4, 0.5) is 4.79 Å². The largest absolute Gasteiger partial charge is 0.344 e. The van der Waals surface area contributed by atoms with E-state index >= 15 is 0 Å². The van der Waals surface area contributed by atoms with Gasteiger partial charge >= 0.3 is 6.03 Å². The van der Waals surface area contributed by atoms with E-state index in [0.29, 0.717) is 17.8 Å². The molecule has 2 N–H and O–H groups in total. The molecular weight excluding hydrogens is 386 g/mol. The Bertz CT molecular complexity index is 1160. The molecule has 4 amide bonds. The molecule has 0 saturated carbocycles. The number of carbonyl (C=O) groups excluding carboxylic acids is 3. The summed E-state index contributed by atoms with van der Waals surface area (Å²) in [6, 6.07) is 8.23. The highest BCUT2D eigenvalue weighted by atomic mass is 16.2. The first-order valence-corrected chi connectivity index (χ1v) is 9.49. The van der Waals surface area contributed by atoms with Gasteiger partial charge in [-0.1, -0.05) is 30.3 Å². The number of urea groups is 1. The summed E-state index contributed by atoms with van der Waals surface area (Å²) in [4.78, 5) is 46.2. The molecule has 4 rings (SSSR count). The van der Waals surface area contributed by atoms with Gasteiger partial charge in [0.15, 0.2) is 0 Å². The molecule has 2 aromatic heterocycles. The first kappa shape index (κ1) is 19.5. The Morgan fingerprint density at radius 2 is 1.93 bits per heavy atom. The predicted molar refractivity (Wildman–Crippen MR) is 106 cm³/mol. The Morgan fingerprint density at radius 1 is 1.20 bits per heavy atom. The van der Waals surface area contributed by atoms with Crippen molar-refractivity contribution in [2.45, 2.75) is 39.2 Å². The second kappa shape index (κ2) is 7.21. The summed E-state index contributed by atoms with van der Waals surface area (Å²) < 4.78 is 1.61. The molecule has 1 saturated heterocycles. The van der Waals surface area contributed by atoms with Crippen molar-refractivity contribution < 1.29 is 14.4 Å². The maximum Gasteiger partial charge on any atom is 0.344 e. The smallest absolute Gasteiger partial charge is 0.318 e. The lowest BCUT2D eigenvalue weighted by Gasteiger charge is -2.22. The summed E-state index contributed by atoms with van der Waals surface area (Å²) in [6.07, 6.45) is 1.88. The normalized spacial score (nSPS) is 18.7. The fourth-order valence-corrected chi connectivity index (χ4v) is 3.64. The molecule has 1 fully saturated rings. The fraction of sp³-hybridized carbons (Fsp3) is 0.300. The van der Waals surface area contributed by atoms with Gasteiger partial charge in [-0.25, -0.2) is 14.3 Å². The van der Waals surface area contributed by atoms with Gasteiger partial charge in [0, 0.05) is 17.8 Å². The van der Waals surface area contributed by atoms with Gasteiger partial charge in [-0.3, -0.25) is 15.0 Å². The highest BCUT2D eigenvalue weighted by molar-refractivity contribution is 6.08. The number of fused-ring (bicyclic) bond motifs is 1. The zero-order valence-corrected chi connectivity index (χ0v) is 16.8. The summed E-state index contributed by atoms with van der Waals surface area (Å²) in [5.74, 6) is -0.490. The number of aryl methyl sites for hydroxylation is 2. The van der Waals surface area contributed by atoms with Crippen LogP contribution in [0.15, 0.2) is 36.7 Å². The van der Waals surface area contributed by atoms with Crippen molar-refractivity contribution in [2.75, 3.05) is 0 Å². The van der Waals surface area contributed by atoms with Crippen LogP contribution in [0, 0.1) is 13.8 Å². The second-order valence-corrected chi connectivity index (χ2v) is 7.33. The molecule has 0 radical (unpaired) electrons. The van der Waals surface area contributed by atoms with Gasteiger partial charge in [0.1, 0.15) is 11.9 Å². The van der Waals surface area contributed by atoms with E-state index in [4.69, 9.17) is 0 Å². The molecule has 0 bridgehead atoms. The van der Waals surface area contributed by atoms with Gasteiger partial charge in [0.2, 0.25) is 5.91 Å². The molecule has 154 valence electrons. The molecule has 1 aliphatic rings.